The molecule has 0 saturated carbocycles. The van der Waals surface area contributed by atoms with E-state index in [9.17, 15) is 0 Å². The van der Waals surface area contributed by atoms with Gasteiger partial charge in [-0.1, -0.05) is 81.6 Å². The monoisotopic (exact) mass is 444 g/mol. The molecule has 3 aromatic rings. The molecular formula is C21H15BrCl2N2. The minimum atomic E-state index is 0.107. The van der Waals surface area contributed by atoms with Crippen LogP contribution in [0.2, 0.25) is 10.0 Å². The summed E-state index contributed by atoms with van der Waals surface area (Å²) in [6.07, 6.45) is 0.825. The Morgan fingerprint density at radius 2 is 1.62 bits per heavy atom. The maximum atomic E-state index is 6.25. The highest BCUT2D eigenvalue weighted by molar-refractivity contribution is 9.10. The molecule has 0 saturated heterocycles. The fraction of sp³-hybridized carbons (Fsp3) is 0.0952. The molecule has 2 nitrogen and oxygen atoms in total. The number of anilines is 1. The zero-order valence-corrected chi connectivity index (χ0v) is 16.8. The van der Waals surface area contributed by atoms with Crippen LogP contribution in [0.25, 0.3) is 0 Å². The van der Waals surface area contributed by atoms with E-state index in [1.54, 1.807) is 0 Å². The van der Waals surface area contributed by atoms with Gasteiger partial charge in [0, 0.05) is 10.9 Å². The maximum Gasteiger partial charge on any atom is 0.0831 e. The molecule has 0 amide bonds. The summed E-state index contributed by atoms with van der Waals surface area (Å²) in [5, 5.41) is 8.02. The molecule has 1 heterocycles. The second-order valence-corrected chi connectivity index (χ2v) is 7.86. The van der Waals surface area contributed by atoms with Gasteiger partial charge in [-0.15, -0.1) is 0 Å². The molecule has 0 fully saturated rings. The van der Waals surface area contributed by atoms with Crippen LogP contribution in [-0.4, -0.2) is 5.71 Å². The summed E-state index contributed by atoms with van der Waals surface area (Å²) in [7, 11) is 0. The molecule has 26 heavy (non-hydrogen) atoms. The lowest BCUT2D eigenvalue weighted by Crippen LogP contribution is -2.18. The molecule has 1 aliphatic heterocycles. The SMILES string of the molecule is Clc1ccc(N2N=C(c3ccccc3)CC2c2ccc(Br)cc2)cc1Cl. The second kappa shape index (κ2) is 7.43. The Morgan fingerprint density at radius 3 is 2.31 bits per heavy atom. The van der Waals surface area contributed by atoms with Crippen LogP contribution in [0.3, 0.4) is 0 Å². The summed E-state index contributed by atoms with van der Waals surface area (Å²) in [6.45, 7) is 0. The van der Waals surface area contributed by atoms with Gasteiger partial charge in [0.05, 0.1) is 27.5 Å². The zero-order chi connectivity index (χ0) is 18.1. The van der Waals surface area contributed by atoms with E-state index in [-0.39, 0.29) is 6.04 Å². The molecule has 4 rings (SSSR count). The van der Waals surface area contributed by atoms with Gasteiger partial charge in [0.1, 0.15) is 0 Å². The van der Waals surface area contributed by atoms with Crippen molar-refractivity contribution in [1.29, 1.82) is 0 Å². The molecular weight excluding hydrogens is 431 g/mol. The van der Waals surface area contributed by atoms with Gasteiger partial charge in [0.25, 0.3) is 0 Å². The first kappa shape index (κ1) is 17.6. The van der Waals surface area contributed by atoms with Crippen molar-refractivity contribution in [1.82, 2.24) is 0 Å². The van der Waals surface area contributed by atoms with Crippen LogP contribution in [0.1, 0.15) is 23.6 Å². The Labute approximate surface area is 171 Å². The molecule has 0 aromatic heterocycles. The Bertz CT molecular complexity index is 956. The van der Waals surface area contributed by atoms with Gasteiger partial charge < -0.3 is 0 Å². The topological polar surface area (TPSA) is 15.6 Å². The lowest BCUT2D eigenvalue weighted by molar-refractivity contribution is 0.709. The molecule has 0 radical (unpaired) electrons. The first-order valence-electron chi connectivity index (χ1n) is 8.24. The van der Waals surface area contributed by atoms with Gasteiger partial charge in [0.2, 0.25) is 0 Å². The van der Waals surface area contributed by atoms with Crippen molar-refractivity contribution in [2.45, 2.75) is 12.5 Å². The van der Waals surface area contributed by atoms with Crippen molar-refractivity contribution < 1.29 is 0 Å². The van der Waals surface area contributed by atoms with E-state index in [4.69, 9.17) is 28.3 Å². The quantitative estimate of drug-likeness (QED) is 0.419. The number of hydrogen-bond donors (Lipinski definition) is 0. The Hall–Kier alpha value is -1.81. The molecule has 5 heteroatoms. The minimum absolute atomic E-state index is 0.107. The molecule has 3 aromatic carbocycles. The number of hydrogen-bond acceptors (Lipinski definition) is 2. The summed E-state index contributed by atoms with van der Waals surface area (Å²) in [6, 6.07) is 24.4. The normalized spacial score (nSPS) is 16.7. The predicted octanol–water partition coefficient (Wildman–Crippen LogP) is 7.11. The van der Waals surface area contributed by atoms with E-state index in [1.807, 2.05) is 41.4 Å². The van der Waals surface area contributed by atoms with E-state index in [1.165, 1.54) is 5.56 Å². The highest BCUT2D eigenvalue weighted by Crippen LogP contribution is 2.38. The third-order valence-electron chi connectivity index (χ3n) is 4.44. The average Bonchev–Trinajstić information content (AvgIpc) is 3.11. The van der Waals surface area contributed by atoms with E-state index in [2.05, 4.69) is 52.3 Å². The van der Waals surface area contributed by atoms with E-state index < -0.39 is 0 Å². The second-order valence-electron chi connectivity index (χ2n) is 6.13. The Morgan fingerprint density at radius 1 is 0.885 bits per heavy atom. The zero-order valence-electron chi connectivity index (χ0n) is 13.7. The van der Waals surface area contributed by atoms with Crippen LogP contribution < -0.4 is 5.01 Å². The predicted molar refractivity (Wildman–Crippen MR) is 113 cm³/mol. The van der Waals surface area contributed by atoms with Crippen molar-refractivity contribution in [3.63, 3.8) is 0 Å². The molecule has 0 spiro atoms. The summed E-state index contributed by atoms with van der Waals surface area (Å²) in [5.74, 6) is 0. The highest BCUT2D eigenvalue weighted by atomic mass is 79.9. The third-order valence-corrected chi connectivity index (χ3v) is 5.71. The number of rotatable bonds is 3. The van der Waals surface area contributed by atoms with Gasteiger partial charge in [-0.25, -0.2) is 0 Å². The molecule has 1 atom stereocenters. The largest absolute Gasteiger partial charge is 0.257 e. The standard InChI is InChI=1S/C21H15BrCl2N2/c22-16-8-6-15(7-9-16)21-13-20(14-4-2-1-3-5-14)25-26(21)17-10-11-18(23)19(24)12-17/h1-12,21H,13H2. The van der Waals surface area contributed by atoms with Gasteiger partial charge in [-0.3, -0.25) is 5.01 Å². The van der Waals surface area contributed by atoms with E-state index in [0.29, 0.717) is 10.0 Å². The summed E-state index contributed by atoms with van der Waals surface area (Å²) in [5.41, 5.74) is 4.33. The first-order valence-corrected chi connectivity index (χ1v) is 9.79. The molecule has 1 unspecified atom stereocenters. The van der Waals surface area contributed by atoms with Crippen LogP contribution in [0.15, 0.2) is 82.4 Å². The van der Waals surface area contributed by atoms with Gasteiger partial charge >= 0.3 is 0 Å². The van der Waals surface area contributed by atoms with Crippen LogP contribution >= 0.6 is 39.1 Å². The van der Waals surface area contributed by atoms with Gasteiger partial charge in [-0.05, 0) is 41.5 Å². The number of hydrazone groups is 1. The van der Waals surface area contributed by atoms with Crippen molar-refractivity contribution in [2.24, 2.45) is 5.10 Å². The summed E-state index contributed by atoms with van der Waals surface area (Å²) in [4.78, 5) is 0. The fourth-order valence-electron chi connectivity index (χ4n) is 3.13. The van der Waals surface area contributed by atoms with E-state index in [0.717, 1.165) is 27.9 Å². The van der Waals surface area contributed by atoms with Crippen LogP contribution in [0.5, 0.6) is 0 Å². The van der Waals surface area contributed by atoms with Crippen molar-refractivity contribution >= 4 is 50.5 Å². The van der Waals surface area contributed by atoms with Crippen molar-refractivity contribution in [3.05, 3.63) is 98.4 Å². The molecule has 130 valence electrons. The van der Waals surface area contributed by atoms with Crippen LogP contribution in [0.4, 0.5) is 5.69 Å². The molecule has 0 N–H and O–H groups in total. The van der Waals surface area contributed by atoms with Crippen molar-refractivity contribution in [2.75, 3.05) is 5.01 Å². The first-order chi connectivity index (χ1) is 12.6. The molecule has 0 bridgehead atoms. The Balaban J connectivity index is 1.77. The lowest BCUT2D eigenvalue weighted by atomic mass is 9.98. The molecule has 1 aliphatic rings. The number of nitrogens with zero attached hydrogens (tertiary/aromatic N) is 2. The summed E-state index contributed by atoms with van der Waals surface area (Å²) >= 11 is 15.8. The Kier molecular flexibility index (Phi) is 5.03. The fourth-order valence-corrected chi connectivity index (χ4v) is 3.68. The molecule has 0 aliphatic carbocycles. The van der Waals surface area contributed by atoms with Crippen LogP contribution in [0, 0.1) is 0 Å². The smallest absolute Gasteiger partial charge is 0.0831 e. The van der Waals surface area contributed by atoms with E-state index >= 15 is 0 Å². The maximum absolute atomic E-state index is 6.25. The van der Waals surface area contributed by atoms with Gasteiger partial charge in [0.15, 0.2) is 0 Å². The summed E-state index contributed by atoms with van der Waals surface area (Å²) < 4.78 is 1.06. The number of benzene rings is 3. The lowest BCUT2D eigenvalue weighted by Gasteiger charge is -2.24. The minimum Gasteiger partial charge on any atom is -0.257 e. The van der Waals surface area contributed by atoms with Crippen molar-refractivity contribution in [3.8, 4) is 0 Å². The average molecular weight is 446 g/mol. The number of halogens is 3. The van der Waals surface area contributed by atoms with Gasteiger partial charge in [-0.2, -0.15) is 5.10 Å². The highest BCUT2D eigenvalue weighted by Gasteiger charge is 2.30. The third kappa shape index (κ3) is 3.52. The van der Waals surface area contributed by atoms with Crippen LogP contribution in [-0.2, 0) is 0 Å².